The predicted molar refractivity (Wildman–Crippen MR) is 66.5 cm³/mol. The van der Waals surface area contributed by atoms with Crippen molar-refractivity contribution in [3.63, 3.8) is 0 Å². The van der Waals surface area contributed by atoms with Gasteiger partial charge in [-0.3, -0.25) is 9.59 Å². The van der Waals surface area contributed by atoms with Gasteiger partial charge in [0, 0.05) is 33.0 Å². The zero-order valence-corrected chi connectivity index (χ0v) is 11.3. The van der Waals surface area contributed by atoms with E-state index in [-0.39, 0.29) is 24.7 Å². The first-order valence-electron chi connectivity index (χ1n) is 6.27. The number of morpholine rings is 1. The van der Waals surface area contributed by atoms with Crippen molar-refractivity contribution in [3.05, 3.63) is 0 Å². The minimum atomic E-state index is -1.06. The van der Waals surface area contributed by atoms with Gasteiger partial charge in [-0.05, 0) is 6.92 Å². The van der Waals surface area contributed by atoms with Gasteiger partial charge in [0.1, 0.15) is 6.04 Å². The van der Waals surface area contributed by atoms with Crippen LogP contribution in [0.3, 0.4) is 0 Å². The Morgan fingerprint density at radius 3 is 2.37 bits per heavy atom. The average molecular weight is 272 g/mol. The Bertz CT molecular complexity index is 352. The number of amides is 2. The molecule has 0 saturated carbocycles. The quantitative estimate of drug-likeness (QED) is 0.733. The Morgan fingerprint density at radius 1 is 1.26 bits per heavy atom. The lowest BCUT2D eigenvalue weighted by atomic mass is 10.2. The molecule has 0 aromatic rings. The monoisotopic (exact) mass is 272 g/mol. The highest BCUT2D eigenvalue weighted by Gasteiger charge is 2.23. The van der Waals surface area contributed by atoms with Crippen molar-refractivity contribution < 1.29 is 24.2 Å². The molecule has 108 valence electrons. The van der Waals surface area contributed by atoms with Crippen LogP contribution < -0.4 is 0 Å². The van der Waals surface area contributed by atoms with Crippen molar-refractivity contribution in [2.75, 3.05) is 33.4 Å². The topological polar surface area (TPSA) is 87.2 Å². The van der Waals surface area contributed by atoms with E-state index < -0.39 is 12.0 Å². The highest BCUT2D eigenvalue weighted by Crippen LogP contribution is 2.06. The van der Waals surface area contributed by atoms with Gasteiger partial charge >= 0.3 is 5.97 Å². The summed E-state index contributed by atoms with van der Waals surface area (Å²) >= 11 is 0. The van der Waals surface area contributed by atoms with Crippen LogP contribution in [0.4, 0.5) is 0 Å². The molecule has 0 radical (unpaired) electrons. The smallest absolute Gasteiger partial charge is 0.326 e. The Hall–Kier alpha value is -1.63. The number of carbonyl (C=O) groups excluding carboxylic acids is 2. The summed E-state index contributed by atoms with van der Waals surface area (Å²) in [5.74, 6) is -1.49. The maximum Gasteiger partial charge on any atom is 0.326 e. The maximum atomic E-state index is 11.8. The van der Waals surface area contributed by atoms with Crippen molar-refractivity contribution in [3.8, 4) is 0 Å². The molecular formula is C12H20N2O5. The molecule has 1 atom stereocenters. The van der Waals surface area contributed by atoms with Crippen LogP contribution in [0.25, 0.3) is 0 Å². The molecule has 2 amide bonds. The van der Waals surface area contributed by atoms with Crippen LogP contribution in [0.15, 0.2) is 0 Å². The molecule has 1 rings (SSSR count). The molecule has 0 aliphatic carbocycles. The summed E-state index contributed by atoms with van der Waals surface area (Å²) in [4.78, 5) is 37.1. The molecule has 1 unspecified atom stereocenters. The molecule has 1 aliphatic rings. The SMILES string of the molecule is CC(C(=O)O)N(C)C(=O)CCC(=O)N1CCOCC1. The first-order chi connectivity index (χ1) is 8.93. The minimum absolute atomic E-state index is 0.0321. The van der Waals surface area contributed by atoms with Crippen molar-refractivity contribution in [1.29, 1.82) is 0 Å². The average Bonchev–Trinajstić information content (AvgIpc) is 2.43. The Morgan fingerprint density at radius 2 is 1.84 bits per heavy atom. The zero-order valence-electron chi connectivity index (χ0n) is 11.3. The fraction of sp³-hybridized carbons (Fsp3) is 0.750. The Balaban J connectivity index is 2.36. The standard InChI is InChI=1S/C12H20N2O5/c1-9(12(17)18)13(2)10(15)3-4-11(16)14-5-7-19-8-6-14/h9H,3-8H2,1-2H3,(H,17,18). The van der Waals surface area contributed by atoms with E-state index in [0.717, 1.165) is 4.90 Å². The van der Waals surface area contributed by atoms with Crippen LogP contribution >= 0.6 is 0 Å². The zero-order chi connectivity index (χ0) is 14.4. The second-order valence-corrected chi connectivity index (χ2v) is 4.51. The van der Waals surface area contributed by atoms with Gasteiger partial charge in [-0.1, -0.05) is 0 Å². The summed E-state index contributed by atoms with van der Waals surface area (Å²) in [6, 6.07) is -0.883. The molecule has 0 bridgehead atoms. The molecule has 0 aromatic carbocycles. The van der Waals surface area contributed by atoms with E-state index >= 15 is 0 Å². The summed E-state index contributed by atoms with van der Waals surface area (Å²) in [6.45, 7) is 3.58. The first-order valence-corrected chi connectivity index (χ1v) is 6.27. The Kier molecular flexibility index (Phi) is 5.75. The van der Waals surface area contributed by atoms with E-state index in [1.54, 1.807) is 4.90 Å². The van der Waals surface area contributed by atoms with Crippen molar-refractivity contribution in [2.24, 2.45) is 0 Å². The summed E-state index contributed by atoms with van der Waals surface area (Å²) in [5, 5.41) is 8.80. The van der Waals surface area contributed by atoms with E-state index in [1.165, 1.54) is 14.0 Å². The molecule has 1 heterocycles. The number of ether oxygens (including phenoxy) is 1. The lowest BCUT2D eigenvalue weighted by Crippen LogP contribution is -2.42. The van der Waals surface area contributed by atoms with Crippen LogP contribution in [-0.2, 0) is 19.1 Å². The van der Waals surface area contributed by atoms with Crippen LogP contribution in [0.5, 0.6) is 0 Å². The fourth-order valence-corrected chi connectivity index (χ4v) is 1.74. The van der Waals surface area contributed by atoms with E-state index in [2.05, 4.69) is 0 Å². The molecule has 1 N–H and O–H groups in total. The van der Waals surface area contributed by atoms with Crippen molar-refractivity contribution >= 4 is 17.8 Å². The third-order valence-corrected chi connectivity index (χ3v) is 3.25. The molecule has 1 saturated heterocycles. The molecular weight excluding hydrogens is 252 g/mol. The van der Waals surface area contributed by atoms with Gasteiger partial charge < -0.3 is 19.6 Å². The molecule has 0 aromatic heterocycles. The first kappa shape index (κ1) is 15.4. The fourth-order valence-electron chi connectivity index (χ4n) is 1.74. The normalized spacial score (nSPS) is 16.8. The van der Waals surface area contributed by atoms with Crippen LogP contribution in [0.2, 0.25) is 0 Å². The summed E-state index contributed by atoms with van der Waals surface area (Å²) in [6.07, 6.45) is 0.139. The summed E-state index contributed by atoms with van der Waals surface area (Å²) in [5.41, 5.74) is 0. The molecule has 7 heteroatoms. The van der Waals surface area contributed by atoms with Gasteiger partial charge in [-0.2, -0.15) is 0 Å². The Labute approximate surface area is 112 Å². The largest absolute Gasteiger partial charge is 0.480 e. The number of likely N-dealkylation sites (N-methyl/N-ethyl adjacent to an activating group) is 1. The number of carbonyl (C=O) groups is 3. The van der Waals surface area contributed by atoms with E-state index in [4.69, 9.17) is 9.84 Å². The van der Waals surface area contributed by atoms with Crippen LogP contribution in [0.1, 0.15) is 19.8 Å². The van der Waals surface area contributed by atoms with E-state index in [1.807, 2.05) is 0 Å². The highest BCUT2D eigenvalue weighted by atomic mass is 16.5. The second-order valence-electron chi connectivity index (χ2n) is 4.51. The molecule has 1 fully saturated rings. The van der Waals surface area contributed by atoms with Crippen molar-refractivity contribution in [1.82, 2.24) is 9.80 Å². The third kappa shape index (κ3) is 4.51. The second kappa shape index (κ2) is 7.08. The molecule has 0 spiro atoms. The lowest BCUT2D eigenvalue weighted by molar-refractivity contribution is -0.148. The summed E-state index contributed by atoms with van der Waals surface area (Å²) in [7, 11) is 1.43. The van der Waals surface area contributed by atoms with Gasteiger partial charge in [0.25, 0.3) is 0 Å². The van der Waals surface area contributed by atoms with Crippen molar-refractivity contribution in [2.45, 2.75) is 25.8 Å². The van der Waals surface area contributed by atoms with Crippen LogP contribution in [0, 0.1) is 0 Å². The third-order valence-electron chi connectivity index (χ3n) is 3.25. The molecule has 7 nitrogen and oxygen atoms in total. The van der Waals surface area contributed by atoms with Gasteiger partial charge in [0.15, 0.2) is 0 Å². The van der Waals surface area contributed by atoms with Gasteiger partial charge in [0.2, 0.25) is 11.8 Å². The number of aliphatic carboxylic acids is 1. The number of carboxylic acids is 1. The molecule has 1 aliphatic heterocycles. The maximum absolute atomic E-state index is 11.8. The van der Waals surface area contributed by atoms with E-state index in [0.29, 0.717) is 26.3 Å². The van der Waals surface area contributed by atoms with Gasteiger partial charge in [-0.15, -0.1) is 0 Å². The number of carboxylic acid groups (broad SMARTS) is 1. The minimum Gasteiger partial charge on any atom is -0.480 e. The highest BCUT2D eigenvalue weighted by molar-refractivity contribution is 5.86. The number of rotatable bonds is 5. The lowest BCUT2D eigenvalue weighted by Gasteiger charge is -2.27. The summed E-state index contributed by atoms with van der Waals surface area (Å²) < 4.78 is 5.14. The van der Waals surface area contributed by atoms with Crippen LogP contribution in [-0.4, -0.2) is 72.1 Å². The predicted octanol–water partition coefficient (Wildman–Crippen LogP) is -0.443. The molecule has 19 heavy (non-hydrogen) atoms. The number of hydrogen-bond acceptors (Lipinski definition) is 4. The number of nitrogens with zero attached hydrogens (tertiary/aromatic N) is 2. The van der Waals surface area contributed by atoms with E-state index in [9.17, 15) is 14.4 Å². The van der Waals surface area contributed by atoms with Gasteiger partial charge in [-0.25, -0.2) is 4.79 Å². The number of hydrogen-bond donors (Lipinski definition) is 1. The van der Waals surface area contributed by atoms with Gasteiger partial charge in [0.05, 0.1) is 13.2 Å².